The highest BCUT2D eigenvalue weighted by Gasteiger charge is 2.16. The predicted octanol–water partition coefficient (Wildman–Crippen LogP) is 6.42. The van der Waals surface area contributed by atoms with Gasteiger partial charge in [0.15, 0.2) is 11.3 Å². The highest BCUT2D eigenvalue weighted by molar-refractivity contribution is 7.79. The van der Waals surface area contributed by atoms with Gasteiger partial charge in [0, 0.05) is 45.9 Å². The number of carbonyl (C=O) groups is 1. The first-order valence-electron chi connectivity index (χ1n) is 9.49. The van der Waals surface area contributed by atoms with E-state index < -0.39 is 6.09 Å². The molecule has 5 rings (SSSR count). The van der Waals surface area contributed by atoms with Crippen LogP contribution in [0.3, 0.4) is 0 Å². The monoisotopic (exact) mass is 414 g/mol. The van der Waals surface area contributed by atoms with Crippen LogP contribution < -0.4 is 10.1 Å². The Kier molecular flexibility index (Phi) is 4.69. The van der Waals surface area contributed by atoms with Crippen molar-refractivity contribution in [2.75, 3.05) is 5.32 Å². The van der Waals surface area contributed by atoms with Crippen LogP contribution in [0.15, 0.2) is 89.6 Å². The largest absolute Gasteiger partial charge is 0.452 e. The first-order valence-corrected chi connectivity index (χ1v) is 10.1. The molecule has 0 radical (unpaired) electrons. The molecule has 5 nitrogen and oxygen atoms in total. The molecule has 0 saturated carbocycles. The smallest absolute Gasteiger partial charge is 0.417 e. The molecule has 0 bridgehead atoms. The van der Waals surface area contributed by atoms with Crippen molar-refractivity contribution >= 4 is 46.3 Å². The van der Waals surface area contributed by atoms with E-state index >= 15 is 0 Å². The van der Waals surface area contributed by atoms with Crippen LogP contribution in [0.2, 0.25) is 0 Å². The van der Waals surface area contributed by atoms with Crippen LogP contribution >= 0.6 is 12.6 Å². The van der Waals surface area contributed by atoms with E-state index in [0.717, 1.165) is 27.6 Å². The minimum absolute atomic E-state index is 0.371. The lowest BCUT2D eigenvalue weighted by atomic mass is 10.1. The van der Waals surface area contributed by atoms with E-state index in [1.54, 1.807) is 6.07 Å². The van der Waals surface area contributed by atoms with E-state index in [1.807, 2.05) is 83.7 Å². The van der Waals surface area contributed by atoms with Gasteiger partial charge >= 0.3 is 6.09 Å². The van der Waals surface area contributed by atoms with Crippen LogP contribution in [-0.4, -0.2) is 10.7 Å². The molecule has 1 N–H and O–H groups in total. The van der Waals surface area contributed by atoms with Gasteiger partial charge in [-0.1, -0.05) is 30.3 Å². The number of hydrogen-bond acceptors (Lipinski definition) is 4. The van der Waals surface area contributed by atoms with Crippen molar-refractivity contribution in [3.8, 4) is 11.4 Å². The number of rotatable bonds is 4. The maximum Gasteiger partial charge on any atom is 0.417 e. The lowest BCUT2D eigenvalue weighted by molar-refractivity contribution is 0.215. The number of thiol groups is 1. The van der Waals surface area contributed by atoms with Crippen LogP contribution in [-0.2, 0) is 5.75 Å². The number of benzene rings is 3. The first-order chi connectivity index (χ1) is 14.7. The van der Waals surface area contributed by atoms with Crippen molar-refractivity contribution < 1.29 is 13.9 Å². The number of fused-ring (bicyclic) bond motifs is 3. The Morgan fingerprint density at radius 1 is 0.900 bits per heavy atom. The third-order valence-corrected chi connectivity index (χ3v) is 5.30. The van der Waals surface area contributed by atoms with Gasteiger partial charge in [-0.15, -0.1) is 0 Å². The van der Waals surface area contributed by atoms with E-state index in [1.165, 1.54) is 0 Å². The molecule has 0 aliphatic rings. The number of furan rings is 1. The van der Waals surface area contributed by atoms with E-state index in [0.29, 0.717) is 22.8 Å². The Bertz CT molecular complexity index is 1340. The third kappa shape index (κ3) is 3.31. The molecule has 6 heteroatoms. The summed E-state index contributed by atoms with van der Waals surface area (Å²) in [5, 5.41) is 4.63. The maximum absolute atomic E-state index is 12.5. The molecule has 5 aromatic rings. The van der Waals surface area contributed by atoms with Gasteiger partial charge in [-0.05, 0) is 42.5 Å². The second kappa shape index (κ2) is 7.65. The average Bonchev–Trinajstić information content (AvgIpc) is 3.43. The number of amides is 1. The number of hydrogen-bond donors (Lipinski definition) is 2. The van der Waals surface area contributed by atoms with E-state index in [4.69, 9.17) is 9.15 Å². The Balaban J connectivity index is 1.39. The average molecular weight is 414 g/mol. The Hall–Kier alpha value is -3.64. The van der Waals surface area contributed by atoms with Crippen LogP contribution in [0.5, 0.6) is 5.75 Å². The fourth-order valence-electron chi connectivity index (χ4n) is 3.52. The van der Waals surface area contributed by atoms with Gasteiger partial charge < -0.3 is 13.7 Å². The van der Waals surface area contributed by atoms with Crippen LogP contribution in [0.4, 0.5) is 10.5 Å². The molecule has 1 amide bonds. The fraction of sp³-hybridized carbons (Fsp3) is 0.0417. The highest BCUT2D eigenvalue weighted by Crippen LogP contribution is 2.36. The molecule has 0 aliphatic heterocycles. The quantitative estimate of drug-likeness (QED) is 0.334. The molecule has 3 aromatic carbocycles. The highest BCUT2D eigenvalue weighted by atomic mass is 32.1. The van der Waals surface area contributed by atoms with Gasteiger partial charge in [0.05, 0.1) is 0 Å². The minimum atomic E-state index is -0.578. The Morgan fingerprint density at radius 3 is 2.33 bits per heavy atom. The number of nitrogens with zero attached hydrogens (tertiary/aromatic N) is 1. The molecule has 30 heavy (non-hydrogen) atoms. The summed E-state index contributed by atoms with van der Waals surface area (Å²) in [5.74, 6) is 0.933. The van der Waals surface area contributed by atoms with Gasteiger partial charge in [-0.3, -0.25) is 5.32 Å². The second-order valence-electron chi connectivity index (χ2n) is 6.84. The molecule has 0 spiro atoms. The number of aromatic nitrogens is 1. The molecule has 2 heterocycles. The number of ether oxygens (including phenoxy) is 1. The van der Waals surface area contributed by atoms with Gasteiger partial charge in [-0.25, -0.2) is 4.79 Å². The topological polar surface area (TPSA) is 56.4 Å². The lowest BCUT2D eigenvalue weighted by Crippen LogP contribution is -2.16. The van der Waals surface area contributed by atoms with E-state index in [-0.39, 0.29) is 0 Å². The number of para-hydroxylation sites is 2. The fourth-order valence-corrected chi connectivity index (χ4v) is 3.77. The maximum atomic E-state index is 12.5. The summed E-state index contributed by atoms with van der Waals surface area (Å²) in [6.45, 7) is 0. The summed E-state index contributed by atoms with van der Waals surface area (Å²) >= 11 is 4.37. The van der Waals surface area contributed by atoms with E-state index in [9.17, 15) is 4.79 Å². The molecule has 2 aromatic heterocycles. The third-order valence-electron chi connectivity index (χ3n) is 4.96. The zero-order valence-corrected chi connectivity index (χ0v) is 16.8. The molecular weight excluding hydrogens is 396 g/mol. The first kappa shape index (κ1) is 18.4. The van der Waals surface area contributed by atoms with Crippen LogP contribution in [0.25, 0.3) is 27.6 Å². The summed E-state index contributed by atoms with van der Waals surface area (Å²) in [7, 11) is 0. The van der Waals surface area contributed by atoms with Crippen molar-refractivity contribution in [2.45, 2.75) is 5.75 Å². The lowest BCUT2D eigenvalue weighted by Gasteiger charge is -2.08. The summed E-state index contributed by atoms with van der Waals surface area (Å²) in [5.41, 5.74) is 3.95. The molecule has 0 fully saturated rings. The number of nitrogens with one attached hydrogen (secondary N) is 1. The minimum Gasteiger partial charge on any atom is -0.452 e. The van der Waals surface area contributed by atoms with Crippen molar-refractivity contribution in [2.24, 2.45) is 0 Å². The SMILES string of the molecule is O=C(Nc1ccc(-n2cccc2)cc1)Oc1cccc2c1oc1c(CS)cccc12. The predicted molar refractivity (Wildman–Crippen MR) is 122 cm³/mol. The zero-order chi connectivity index (χ0) is 20.5. The van der Waals surface area contributed by atoms with Gasteiger partial charge in [0.25, 0.3) is 0 Å². The van der Waals surface area contributed by atoms with Gasteiger partial charge in [0.2, 0.25) is 0 Å². The molecule has 148 valence electrons. The van der Waals surface area contributed by atoms with Crippen molar-refractivity contribution in [1.29, 1.82) is 0 Å². The van der Waals surface area contributed by atoms with Crippen LogP contribution in [0, 0.1) is 0 Å². The molecule has 0 aliphatic carbocycles. The zero-order valence-electron chi connectivity index (χ0n) is 15.9. The van der Waals surface area contributed by atoms with Crippen molar-refractivity contribution in [3.63, 3.8) is 0 Å². The summed E-state index contributed by atoms with van der Waals surface area (Å²) in [6, 6.07) is 22.9. The Morgan fingerprint density at radius 2 is 1.60 bits per heavy atom. The van der Waals surface area contributed by atoms with Gasteiger partial charge in [-0.2, -0.15) is 12.6 Å². The van der Waals surface area contributed by atoms with Gasteiger partial charge in [0.1, 0.15) is 5.58 Å². The normalized spacial score (nSPS) is 11.1. The number of carbonyl (C=O) groups excluding carboxylic acids is 1. The summed E-state index contributed by atoms with van der Waals surface area (Å²) in [6.07, 6.45) is 3.35. The second-order valence-corrected chi connectivity index (χ2v) is 7.15. The molecular formula is C24H18N2O3S. The molecule has 0 saturated heterocycles. The Labute approximate surface area is 178 Å². The summed E-state index contributed by atoms with van der Waals surface area (Å²) < 4.78 is 13.6. The van der Waals surface area contributed by atoms with Crippen molar-refractivity contribution in [1.82, 2.24) is 4.57 Å². The van der Waals surface area contributed by atoms with Crippen LogP contribution in [0.1, 0.15) is 5.56 Å². The number of anilines is 1. The summed E-state index contributed by atoms with van der Waals surface area (Å²) in [4.78, 5) is 12.5. The van der Waals surface area contributed by atoms with Crippen molar-refractivity contribution in [3.05, 3.63) is 90.8 Å². The van der Waals surface area contributed by atoms with E-state index in [2.05, 4.69) is 17.9 Å². The standard InChI is InChI=1S/C24H18N2O3S/c27-24(25-17-9-11-18(12-10-17)26-13-1-2-14-26)28-21-8-4-7-20-19-6-3-5-16(15-30)22(19)29-23(20)21/h1-14,30H,15H2,(H,25,27). The molecule has 0 unspecified atom stereocenters. The molecule has 0 atom stereocenters.